The average Bonchev–Trinajstić information content (AvgIpc) is 2.65. The highest BCUT2D eigenvalue weighted by Crippen LogP contribution is 2.16. The topological polar surface area (TPSA) is 54.0 Å². The van der Waals surface area contributed by atoms with E-state index in [2.05, 4.69) is 43.7 Å². The monoisotopic (exact) mass is 395 g/mol. The van der Waals surface area contributed by atoms with E-state index in [0.29, 0.717) is 11.4 Å². The minimum atomic E-state index is -0.157. The first-order valence-corrected chi connectivity index (χ1v) is 8.81. The van der Waals surface area contributed by atoms with Gasteiger partial charge in [0.1, 0.15) is 5.82 Å². The molecule has 0 aliphatic carbocycles. The molecule has 0 aliphatic heterocycles. The Morgan fingerprint density at radius 2 is 1.76 bits per heavy atom. The van der Waals surface area contributed by atoms with Crippen molar-refractivity contribution in [2.24, 2.45) is 0 Å². The summed E-state index contributed by atoms with van der Waals surface area (Å²) >= 11 is 3.38. The molecular formula is C20H18BrN3O. The maximum Gasteiger partial charge on any atom is 0.255 e. The predicted octanol–water partition coefficient (Wildman–Crippen LogP) is 4.75. The van der Waals surface area contributed by atoms with Crippen molar-refractivity contribution in [3.05, 3.63) is 88.5 Å². The molecule has 0 saturated heterocycles. The standard InChI is InChI=1S/C20H18BrN3O/c21-17-6-8-18(9-7-17)24-20(25)16-11-13-23-19(14-16)22-12-10-15-4-2-1-3-5-15/h1-9,11,13-14H,10,12H2,(H,22,23)(H,24,25). The second kappa shape index (κ2) is 8.44. The highest BCUT2D eigenvalue weighted by atomic mass is 79.9. The van der Waals surface area contributed by atoms with Crippen LogP contribution in [0.5, 0.6) is 0 Å². The quantitative estimate of drug-likeness (QED) is 0.632. The number of carbonyl (C=O) groups excluding carboxylic acids is 1. The van der Waals surface area contributed by atoms with Crippen LogP contribution in [0, 0.1) is 0 Å². The minimum Gasteiger partial charge on any atom is -0.370 e. The van der Waals surface area contributed by atoms with Crippen LogP contribution in [-0.2, 0) is 6.42 Å². The number of hydrogen-bond acceptors (Lipinski definition) is 3. The highest BCUT2D eigenvalue weighted by Gasteiger charge is 2.07. The van der Waals surface area contributed by atoms with Gasteiger partial charge in [-0.1, -0.05) is 46.3 Å². The molecular weight excluding hydrogens is 378 g/mol. The van der Waals surface area contributed by atoms with Crippen LogP contribution in [0.25, 0.3) is 0 Å². The Labute approximate surface area is 155 Å². The van der Waals surface area contributed by atoms with Crippen molar-refractivity contribution in [3.8, 4) is 0 Å². The first-order valence-electron chi connectivity index (χ1n) is 8.01. The molecule has 0 saturated carbocycles. The molecule has 0 bridgehead atoms. The number of halogens is 1. The van der Waals surface area contributed by atoms with Crippen LogP contribution < -0.4 is 10.6 Å². The summed E-state index contributed by atoms with van der Waals surface area (Å²) in [5.74, 6) is 0.537. The number of aromatic nitrogens is 1. The molecule has 0 atom stereocenters. The molecule has 5 heteroatoms. The summed E-state index contributed by atoms with van der Waals surface area (Å²) in [7, 11) is 0. The number of nitrogens with one attached hydrogen (secondary N) is 2. The largest absolute Gasteiger partial charge is 0.370 e. The van der Waals surface area contributed by atoms with E-state index in [1.807, 2.05) is 42.5 Å². The number of nitrogens with zero attached hydrogens (tertiary/aromatic N) is 1. The summed E-state index contributed by atoms with van der Waals surface area (Å²) in [4.78, 5) is 16.6. The second-order valence-corrected chi connectivity index (χ2v) is 6.47. The molecule has 0 fully saturated rings. The summed E-state index contributed by atoms with van der Waals surface area (Å²) in [5, 5.41) is 6.14. The third kappa shape index (κ3) is 5.16. The van der Waals surface area contributed by atoms with E-state index in [0.717, 1.165) is 23.1 Å². The third-order valence-electron chi connectivity index (χ3n) is 3.69. The van der Waals surface area contributed by atoms with E-state index in [1.165, 1.54) is 5.56 Å². The fraction of sp³-hybridized carbons (Fsp3) is 0.100. The van der Waals surface area contributed by atoms with Crippen LogP contribution in [0.2, 0.25) is 0 Å². The molecule has 1 amide bonds. The van der Waals surface area contributed by atoms with Gasteiger partial charge in [-0.3, -0.25) is 4.79 Å². The van der Waals surface area contributed by atoms with Crippen molar-refractivity contribution in [2.45, 2.75) is 6.42 Å². The van der Waals surface area contributed by atoms with Gasteiger partial charge in [-0.25, -0.2) is 4.98 Å². The maximum absolute atomic E-state index is 12.4. The molecule has 0 aliphatic rings. The molecule has 126 valence electrons. The number of amides is 1. The van der Waals surface area contributed by atoms with Gasteiger partial charge in [0.2, 0.25) is 0 Å². The molecule has 3 rings (SSSR count). The maximum atomic E-state index is 12.4. The summed E-state index contributed by atoms with van der Waals surface area (Å²) in [6, 6.07) is 21.2. The lowest BCUT2D eigenvalue weighted by Crippen LogP contribution is -2.13. The number of pyridine rings is 1. The van der Waals surface area contributed by atoms with Crippen molar-refractivity contribution in [2.75, 3.05) is 17.2 Å². The molecule has 1 heterocycles. The number of rotatable bonds is 6. The third-order valence-corrected chi connectivity index (χ3v) is 4.22. The SMILES string of the molecule is O=C(Nc1ccc(Br)cc1)c1ccnc(NCCc2ccccc2)c1. The van der Waals surface area contributed by atoms with Gasteiger partial charge in [0.15, 0.2) is 0 Å². The Balaban J connectivity index is 1.58. The molecule has 0 spiro atoms. The van der Waals surface area contributed by atoms with E-state index in [-0.39, 0.29) is 5.91 Å². The number of carbonyl (C=O) groups is 1. The summed E-state index contributed by atoms with van der Waals surface area (Å²) < 4.78 is 0.972. The Morgan fingerprint density at radius 1 is 1.00 bits per heavy atom. The molecule has 2 N–H and O–H groups in total. The lowest BCUT2D eigenvalue weighted by atomic mass is 10.1. The summed E-state index contributed by atoms with van der Waals surface area (Å²) in [6.07, 6.45) is 2.54. The van der Waals surface area contributed by atoms with Gasteiger partial charge in [0, 0.05) is 28.5 Å². The molecule has 2 aromatic carbocycles. The van der Waals surface area contributed by atoms with E-state index < -0.39 is 0 Å². The molecule has 4 nitrogen and oxygen atoms in total. The number of hydrogen-bond donors (Lipinski definition) is 2. The molecule has 3 aromatic rings. The normalized spacial score (nSPS) is 10.3. The number of benzene rings is 2. The minimum absolute atomic E-state index is 0.157. The zero-order chi connectivity index (χ0) is 17.5. The van der Waals surface area contributed by atoms with Crippen molar-refractivity contribution >= 4 is 33.3 Å². The van der Waals surface area contributed by atoms with Gasteiger partial charge in [0.25, 0.3) is 5.91 Å². The molecule has 0 radical (unpaired) electrons. The van der Waals surface area contributed by atoms with E-state index in [4.69, 9.17) is 0 Å². The van der Waals surface area contributed by atoms with Crippen LogP contribution in [-0.4, -0.2) is 17.4 Å². The molecule has 0 unspecified atom stereocenters. The van der Waals surface area contributed by atoms with Gasteiger partial charge in [-0.05, 0) is 48.4 Å². The van der Waals surface area contributed by atoms with E-state index in [1.54, 1.807) is 18.3 Å². The van der Waals surface area contributed by atoms with Crippen molar-refractivity contribution in [1.29, 1.82) is 0 Å². The van der Waals surface area contributed by atoms with Crippen LogP contribution in [0.3, 0.4) is 0 Å². The second-order valence-electron chi connectivity index (χ2n) is 5.55. The Morgan fingerprint density at radius 3 is 2.52 bits per heavy atom. The van der Waals surface area contributed by atoms with Gasteiger partial charge < -0.3 is 10.6 Å². The zero-order valence-electron chi connectivity index (χ0n) is 13.6. The first-order chi connectivity index (χ1) is 12.2. The summed E-state index contributed by atoms with van der Waals surface area (Å²) in [6.45, 7) is 0.759. The Kier molecular flexibility index (Phi) is 5.80. The van der Waals surface area contributed by atoms with Gasteiger partial charge >= 0.3 is 0 Å². The fourth-order valence-electron chi connectivity index (χ4n) is 2.38. The number of anilines is 2. The van der Waals surface area contributed by atoms with E-state index in [9.17, 15) is 4.79 Å². The van der Waals surface area contributed by atoms with Gasteiger partial charge in [-0.2, -0.15) is 0 Å². The first kappa shape index (κ1) is 17.2. The summed E-state index contributed by atoms with van der Waals surface area (Å²) in [5.41, 5.74) is 2.59. The molecule has 1 aromatic heterocycles. The van der Waals surface area contributed by atoms with Crippen molar-refractivity contribution in [1.82, 2.24) is 4.98 Å². The Hall–Kier alpha value is -2.66. The van der Waals surface area contributed by atoms with Crippen LogP contribution in [0.4, 0.5) is 11.5 Å². The smallest absolute Gasteiger partial charge is 0.255 e. The predicted molar refractivity (Wildman–Crippen MR) is 105 cm³/mol. The van der Waals surface area contributed by atoms with Gasteiger partial charge in [0.05, 0.1) is 0 Å². The van der Waals surface area contributed by atoms with E-state index >= 15 is 0 Å². The van der Waals surface area contributed by atoms with Gasteiger partial charge in [-0.15, -0.1) is 0 Å². The zero-order valence-corrected chi connectivity index (χ0v) is 15.2. The van der Waals surface area contributed by atoms with Crippen LogP contribution >= 0.6 is 15.9 Å². The Bertz CT molecular complexity index is 835. The van der Waals surface area contributed by atoms with Crippen LogP contribution in [0.1, 0.15) is 15.9 Å². The average molecular weight is 396 g/mol. The van der Waals surface area contributed by atoms with Crippen LogP contribution in [0.15, 0.2) is 77.4 Å². The fourth-order valence-corrected chi connectivity index (χ4v) is 2.65. The highest BCUT2D eigenvalue weighted by molar-refractivity contribution is 9.10. The lowest BCUT2D eigenvalue weighted by molar-refractivity contribution is 0.102. The lowest BCUT2D eigenvalue weighted by Gasteiger charge is -2.08. The van der Waals surface area contributed by atoms with Crippen molar-refractivity contribution in [3.63, 3.8) is 0 Å². The molecule has 25 heavy (non-hydrogen) atoms. The van der Waals surface area contributed by atoms with Crippen molar-refractivity contribution < 1.29 is 4.79 Å².